The van der Waals surface area contributed by atoms with Crippen molar-refractivity contribution in [2.75, 3.05) is 31.1 Å². The van der Waals surface area contributed by atoms with Gasteiger partial charge >= 0.3 is 0 Å². The minimum absolute atomic E-state index is 0.714. The molecule has 0 bridgehead atoms. The topological polar surface area (TPSA) is 41.0 Å². The molecule has 0 amide bonds. The van der Waals surface area contributed by atoms with Gasteiger partial charge in [-0.05, 0) is 38.3 Å². The normalized spacial score (nSPS) is 18.8. The number of nitrogens with one attached hydrogen (secondary N) is 1. The van der Waals surface area contributed by atoms with Crippen LogP contribution in [0, 0.1) is 5.92 Å². The third kappa shape index (κ3) is 3.32. The molecule has 1 saturated heterocycles. The Morgan fingerprint density at radius 2 is 2.24 bits per heavy atom. The molecule has 0 radical (unpaired) electrons. The molecule has 112 valence electrons. The van der Waals surface area contributed by atoms with Crippen molar-refractivity contribution in [3.63, 3.8) is 0 Å². The number of rotatable bonds is 5. The molecule has 1 atom stereocenters. The molecule has 0 spiro atoms. The van der Waals surface area contributed by atoms with Crippen LogP contribution in [0.15, 0.2) is 30.5 Å². The van der Waals surface area contributed by atoms with Gasteiger partial charge < -0.3 is 10.2 Å². The number of hydrogen-bond acceptors (Lipinski definition) is 4. The molecule has 1 aromatic carbocycles. The summed E-state index contributed by atoms with van der Waals surface area (Å²) in [6.07, 6.45) is 5.58. The highest BCUT2D eigenvalue weighted by Gasteiger charge is 2.19. The van der Waals surface area contributed by atoms with Crippen molar-refractivity contribution >= 4 is 16.6 Å². The minimum atomic E-state index is 0.714. The molecule has 1 N–H and O–H groups in total. The Morgan fingerprint density at radius 1 is 1.33 bits per heavy atom. The van der Waals surface area contributed by atoms with Gasteiger partial charge in [-0.2, -0.15) is 5.10 Å². The zero-order valence-corrected chi connectivity index (χ0v) is 12.8. The molecule has 21 heavy (non-hydrogen) atoms. The molecule has 1 fully saturated rings. The van der Waals surface area contributed by atoms with Crippen LogP contribution in [0.2, 0.25) is 0 Å². The molecule has 4 nitrogen and oxygen atoms in total. The summed E-state index contributed by atoms with van der Waals surface area (Å²) in [6.45, 7) is 6.63. The molecule has 0 saturated carbocycles. The van der Waals surface area contributed by atoms with Crippen molar-refractivity contribution in [2.45, 2.75) is 26.2 Å². The van der Waals surface area contributed by atoms with Gasteiger partial charge in [0.25, 0.3) is 0 Å². The highest BCUT2D eigenvalue weighted by atomic mass is 15.3. The van der Waals surface area contributed by atoms with Crippen LogP contribution >= 0.6 is 0 Å². The molecule has 3 rings (SSSR count). The van der Waals surface area contributed by atoms with Crippen molar-refractivity contribution in [1.29, 1.82) is 0 Å². The van der Waals surface area contributed by atoms with Crippen LogP contribution in [0.4, 0.5) is 5.82 Å². The van der Waals surface area contributed by atoms with E-state index >= 15 is 0 Å². The predicted molar refractivity (Wildman–Crippen MR) is 87.6 cm³/mol. The summed E-state index contributed by atoms with van der Waals surface area (Å²) in [5, 5.41) is 14.5. The first-order valence-corrected chi connectivity index (χ1v) is 8.04. The first kappa shape index (κ1) is 14.3. The number of fused-ring (bicyclic) bond motifs is 1. The molecule has 1 aliphatic rings. The SMILES string of the molecule is CCCN(CC1CCCNC1)c1nncc2ccccc12. The van der Waals surface area contributed by atoms with Crippen LogP contribution in [-0.2, 0) is 0 Å². The maximum Gasteiger partial charge on any atom is 0.159 e. The minimum Gasteiger partial charge on any atom is -0.354 e. The van der Waals surface area contributed by atoms with E-state index in [0.717, 1.165) is 31.9 Å². The Labute approximate surface area is 126 Å². The summed E-state index contributed by atoms with van der Waals surface area (Å²) in [6, 6.07) is 8.41. The molecule has 2 heterocycles. The summed E-state index contributed by atoms with van der Waals surface area (Å²) in [5.74, 6) is 1.76. The van der Waals surface area contributed by atoms with Crippen LogP contribution < -0.4 is 10.2 Å². The first-order chi connectivity index (χ1) is 10.4. The summed E-state index contributed by atoms with van der Waals surface area (Å²) in [5.41, 5.74) is 0. The Balaban J connectivity index is 1.87. The summed E-state index contributed by atoms with van der Waals surface area (Å²) in [4.78, 5) is 2.42. The summed E-state index contributed by atoms with van der Waals surface area (Å²) < 4.78 is 0. The number of nitrogens with zero attached hydrogens (tertiary/aromatic N) is 3. The lowest BCUT2D eigenvalue weighted by atomic mass is 9.99. The van der Waals surface area contributed by atoms with Gasteiger partial charge in [0, 0.05) is 23.9 Å². The van der Waals surface area contributed by atoms with Crippen LogP contribution in [0.5, 0.6) is 0 Å². The fourth-order valence-corrected chi connectivity index (χ4v) is 3.19. The molecule has 1 aliphatic heterocycles. The van der Waals surface area contributed by atoms with Gasteiger partial charge in [-0.1, -0.05) is 31.2 Å². The van der Waals surface area contributed by atoms with E-state index < -0.39 is 0 Å². The third-order valence-electron chi connectivity index (χ3n) is 4.22. The van der Waals surface area contributed by atoms with E-state index in [2.05, 4.69) is 51.6 Å². The quantitative estimate of drug-likeness (QED) is 0.916. The molecule has 0 aliphatic carbocycles. The largest absolute Gasteiger partial charge is 0.354 e. The highest BCUT2D eigenvalue weighted by Crippen LogP contribution is 2.25. The average molecular weight is 284 g/mol. The van der Waals surface area contributed by atoms with Gasteiger partial charge in [-0.3, -0.25) is 0 Å². The number of anilines is 1. The molecule has 2 aromatic rings. The zero-order chi connectivity index (χ0) is 14.5. The van der Waals surface area contributed by atoms with Crippen LogP contribution in [0.3, 0.4) is 0 Å². The Kier molecular flexibility index (Phi) is 4.65. The van der Waals surface area contributed by atoms with Crippen molar-refractivity contribution in [3.8, 4) is 0 Å². The van der Waals surface area contributed by atoms with E-state index in [1.165, 1.54) is 30.2 Å². The second kappa shape index (κ2) is 6.85. The van der Waals surface area contributed by atoms with Crippen molar-refractivity contribution in [1.82, 2.24) is 15.5 Å². The van der Waals surface area contributed by atoms with E-state index in [4.69, 9.17) is 0 Å². The van der Waals surface area contributed by atoms with Crippen molar-refractivity contribution in [3.05, 3.63) is 30.5 Å². The van der Waals surface area contributed by atoms with Crippen LogP contribution in [0.25, 0.3) is 10.8 Å². The maximum absolute atomic E-state index is 4.45. The highest BCUT2D eigenvalue weighted by molar-refractivity contribution is 5.91. The van der Waals surface area contributed by atoms with E-state index in [-0.39, 0.29) is 0 Å². The lowest BCUT2D eigenvalue weighted by molar-refractivity contribution is 0.376. The van der Waals surface area contributed by atoms with E-state index in [9.17, 15) is 0 Å². The molecule has 4 heteroatoms. The fourth-order valence-electron chi connectivity index (χ4n) is 3.19. The monoisotopic (exact) mass is 284 g/mol. The van der Waals surface area contributed by atoms with Gasteiger partial charge in [0.2, 0.25) is 0 Å². The van der Waals surface area contributed by atoms with Crippen LogP contribution in [-0.4, -0.2) is 36.4 Å². The molecular weight excluding hydrogens is 260 g/mol. The summed E-state index contributed by atoms with van der Waals surface area (Å²) >= 11 is 0. The number of benzene rings is 1. The molecule has 1 aromatic heterocycles. The second-order valence-corrected chi connectivity index (χ2v) is 5.91. The first-order valence-electron chi connectivity index (χ1n) is 8.04. The van der Waals surface area contributed by atoms with Crippen molar-refractivity contribution < 1.29 is 0 Å². The Bertz CT molecular complexity index is 573. The third-order valence-corrected chi connectivity index (χ3v) is 4.22. The van der Waals surface area contributed by atoms with E-state index in [1.807, 2.05) is 6.20 Å². The second-order valence-electron chi connectivity index (χ2n) is 5.91. The van der Waals surface area contributed by atoms with E-state index in [1.54, 1.807) is 0 Å². The van der Waals surface area contributed by atoms with E-state index in [0.29, 0.717) is 5.92 Å². The standard InChI is InChI=1S/C17H24N4/c1-2-10-21(13-14-6-5-9-18-11-14)17-16-8-4-3-7-15(16)12-19-20-17/h3-4,7-8,12,14,18H,2,5-6,9-11,13H2,1H3. The number of hydrogen-bond donors (Lipinski definition) is 1. The predicted octanol–water partition coefficient (Wildman–Crippen LogP) is 2.85. The van der Waals surface area contributed by atoms with Gasteiger partial charge in [0.15, 0.2) is 5.82 Å². The molecular formula is C17H24N4. The summed E-state index contributed by atoms with van der Waals surface area (Å²) in [7, 11) is 0. The lowest BCUT2D eigenvalue weighted by Crippen LogP contribution is -2.39. The zero-order valence-electron chi connectivity index (χ0n) is 12.8. The smallest absolute Gasteiger partial charge is 0.159 e. The van der Waals surface area contributed by atoms with Gasteiger partial charge in [0.05, 0.1) is 6.20 Å². The number of aromatic nitrogens is 2. The van der Waals surface area contributed by atoms with Crippen LogP contribution in [0.1, 0.15) is 26.2 Å². The van der Waals surface area contributed by atoms with Gasteiger partial charge in [-0.25, -0.2) is 0 Å². The van der Waals surface area contributed by atoms with Gasteiger partial charge in [0.1, 0.15) is 0 Å². The maximum atomic E-state index is 4.45. The van der Waals surface area contributed by atoms with Crippen molar-refractivity contribution in [2.24, 2.45) is 5.92 Å². The van der Waals surface area contributed by atoms with Gasteiger partial charge in [-0.15, -0.1) is 5.10 Å². The Morgan fingerprint density at radius 3 is 3.05 bits per heavy atom. The fraction of sp³-hybridized carbons (Fsp3) is 0.529. The lowest BCUT2D eigenvalue weighted by Gasteiger charge is -2.31. The Hall–Kier alpha value is -1.68. The molecule has 1 unspecified atom stereocenters. The average Bonchev–Trinajstić information content (AvgIpc) is 2.55. The number of piperidine rings is 1.